The smallest absolute Gasteiger partial charge is 0.0209 e. The molecular formula is C13H26N2. The molecule has 1 N–H and O–H groups in total. The minimum Gasteiger partial charge on any atom is -0.310 e. The Morgan fingerprint density at radius 2 is 1.93 bits per heavy atom. The van der Waals surface area contributed by atoms with Crippen molar-refractivity contribution in [2.45, 2.75) is 70.5 Å². The molecule has 1 unspecified atom stereocenters. The summed E-state index contributed by atoms with van der Waals surface area (Å²) in [4.78, 5) is 2.74. The fraction of sp³-hybridized carbons (Fsp3) is 1.00. The van der Waals surface area contributed by atoms with Crippen LogP contribution < -0.4 is 5.32 Å². The van der Waals surface area contributed by atoms with E-state index in [4.69, 9.17) is 0 Å². The van der Waals surface area contributed by atoms with Crippen molar-refractivity contribution in [3.8, 4) is 0 Å². The number of hydrogen-bond donors (Lipinski definition) is 1. The van der Waals surface area contributed by atoms with Crippen molar-refractivity contribution in [3.63, 3.8) is 0 Å². The molecule has 1 saturated carbocycles. The third-order valence-corrected chi connectivity index (χ3v) is 4.20. The number of likely N-dealkylation sites (tertiary alicyclic amines) is 1. The van der Waals surface area contributed by atoms with Gasteiger partial charge in [0, 0.05) is 30.7 Å². The predicted octanol–water partition coefficient (Wildman–Crippen LogP) is 2.39. The van der Waals surface area contributed by atoms with Gasteiger partial charge < -0.3 is 5.32 Å². The van der Waals surface area contributed by atoms with Gasteiger partial charge in [-0.25, -0.2) is 0 Å². The molecule has 0 aromatic rings. The standard InChI is InChI=1S/C13H26N2/c1-11(2)14-12-6-9-15(10-12)13(3)7-4-5-8-13/h11-12,14H,4-10H2,1-3H3. The molecule has 2 rings (SSSR count). The second kappa shape index (κ2) is 4.42. The average molecular weight is 210 g/mol. The van der Waals surface area contributed by atoms with E-state index in [9.17, 15) is 0 Å². The Morgan fingerprint density at radius 3 is 2.53 bits per heavy atom. The molecule has 2 heteroatoms. The van der Waals surface area contributed by atoms with Gasteiger partial charge in [0.2, 0.25) is 0 Å². The second-order valence-corrected chi connectivity index (χ2v) is 5.96. The molecule has 0 amide bonds. The van der Waals surface area contributed by atoms with Crippen LogP contribution in [0.1, 0.15) is 52.9 Å². The van der Waals surface area contributed by atoms with Crippen molar-refractivity contribution in [1.82, 2.24) is 10.2 Å². The summed E-state index contributed by atoms with van der Waals surface area (Å²) in [5, 5.41) is 3.67. The van der Waals surface area contributed by atoms with Crippen molar-refractivity contribution >= 4 is 0 Å². The largest absolute Gasteiger partial charge is 0.310 e. The van der Waals surface area contributed by atoms with Crippen LogP contribution in [-0.2, 0) is 0 Å². The highest BCUT2D eigenvalue weighted by atomic mass is 15.2. The zero-order valence-electron chi connectivity index (χ0n) is 10.6. The first-order valence-corrected chi connectivity index (χ1v) is 6.61. The summed E-state index contributed by atoms with van der Waals surface area (Å²) in [5.74, 6) is 0. The van der Waals surface area contributed by atoms with E-state index in [2.05, 4.69) is 31.0 Å². The number of nitrogens with one attached hydrogen (secondary N) is 1. The third-order valence-electron chi connectivity index (χ3n) is 4.20. The fourth-order valence-corrected chi connectivity index (χ4v) is 3.31. The van der Waals surface area contributed by atoms with Crippen molar-refractivity contribution in [1.29, 1.82) is 0 Å². The van der Waals surface area contributed by atoms with Crippen molar-refractivity contribution in [2.75, 3.05) is 13.1 Å². The molecule has 1 aliphatic carbocycles. The lowest BCUT2D eigenvalue weighted by Crippen LogP contribution is -2.45. The maximum atomic E-state index is 3.67. The molecule has 0 radical (unpaired) electrons. The Balaban J connectivity index is 1.86. The van der Waals surface area contributed by atoms with E-state index >= 15 is 0 Å². The lowest BCUT2D eigenvalue weighted by atomic mass is 9.99. The van der Waals surface area contributed by atoms with Crippen molar-refractivity contribution in [3.05, 3.63) is 0 Å². The summed E-state index contributed by atoms with van der Waals surface area (Å²) in [6.45, 7) is 9.55. The predicted molar refractivity (Wildman–Crippen MR) is 65.1 cm³/mol. The topological polar surface area (TPSA) is 15.3 Å². The minimum atomic E-state index is 0.535. The average Bonchev–Trinajstić information content (AvgIpc) is 2.74. The van der Waals surface area contributed by atoms with Crippen LogP contribution in [0.4, 0.5) is 0 Å². The molecule has 0 spiro atoms. The van der Waals surface area contributed by atoms with Gasteiger partial charge in [0.1, 0.15) is 0 Å². The van der Waals surface area contributed by atoms with Gasteiger partial charge in [0.05, 0.1) is 0 Å². The zero-order chi connectivity index (χ0) is 10.9. The molecule has 1 saturated heterocycles. The van der Waals surface area contributed by atoms with Gasteiger partial charge in [-0.1, -0.05) is 26.7 Å². The lowest BCUT2D eigenvalue weighted by Gasteiger charge is -2.35. The third kappa shape index (κ3) is 2.54. The van der Waals surface area contributed by atoms with Gasteiger partial charge in [-0.15, -0.1) is 0 Å². The Morgan fingerprint density at radius 1 is 1.27 bits per heavy atom. The molecule has 2 nitrogen and oxygen atoms in total. The Hall–Kier alpha value is -0.0800. The van der Waals surface area contributed by atoms with Crippen LogP contribution in [0.2, 0.25) is 0 Å². The second-order valence-electron chi connectivity index (χ2n) is 5.96. The first kappa shape index (κ1) is 11.4. The molecule has 1 aliphatic heterocycles. The summed E-state index contributed by atoms with van der Waals surface area (Å²) in [6, 6.07) is 1.37. The Labute approximate surface area is 94.4 Å². The van der Waals surface area contributed by atoms with Gasteiger partial charge in [-0.2, -0.15) is 0 Å². The summed E-state index contributed by atoms with van der Waals surface area (Å²) in [5.41, 5.74) is 0.535. The van der Waals surface area contributed by atoms with E-state index in [0.29, 0.717) is 11.6 Å². The van der Waals surface area contributed by atoms with Crippen LogP contribution in [0.3, 0.4) is 0 Å². The van der Waals surface area contributed by atoms with Gasteiger partial charge >= 0.3 is 0 Å². The van der Waals surface area contributed by atoms with Gasteiger partial charge in [-0.3, -0.25) is 4.90 Å². The van der Waals surface area contributed by atoms with Gasteiger partial charge in [0.15, 0.2) is 0 Å². The molecule has 15 heavy (non-hydrogen) atoms. The molecule has 0 aromatic carbocycles. The zero-order valence-corrected chi connectivity index (χ0v) is 10.6. The molecule has 2 fully saturated rings. The molecule has 0 aromatic heterocycles. The molecule has 2 aliphatic rings. The van der Waals surface area contributed by atoms with Gasteiger partial charge in [0.25, 0.3) is 0 Å². The molecule has 1 atom stereocenters. The molecule has 1 heterocycles. The van der Waals surface area contributed by atoms with Crippen LogP contribution in [0, 0.1) is 0 Å². The highest BCUT2D eigenvalue weighted by Gasteiger charge is 2.38. The number of nitrogens with zero attached hydrogens (tertiary/aromatic N) is 1. The van der Waals surface area contributed by atoms with E-state index in [1.807, 2.05) is 0 Å². The summed E-state index contributed by atoms with van der Waals surface area (Å²) < 4.78 is 0. The van der Waals surface area contributed by atoms with Crippen LogP contribution >= 0.6 is 0 Å². The maximum Gasteiger partial charge on any atom is 0.0209 e. The van der Waals surface area contributed by atoms with E-state index in [1.54, 1.807) is 0 Å². The molecule has 88 valence electrons. The SMILES string of the molecule is CC(C)NC1CCN(C2(C)CCCC2)C1. The Kier molecular flexibility index (Phi) is 3.36. The fourth-order valence-electron chi connectivity index (χ4n) is 3.31. The van der Waals surface area contributed by atoms with Crippen molar-refractivity contribution < 1.29 is 0 Å². The van der Waals surface area contributed by atoms with E-state index < -0.39 is 0 Å². The number of hydrogen-bond acceptors (Lipinski definition) is 2. The van der Waals surface area contributed by atoms with E-state index in [0.717, 1.165) is 6.04 Å². The first-order chi connectivity index (χ1) is 7.10. The minimum absolute atomic E-state index is 0.535. The summed E-state index contributed by atoms with van der Waals surface area (Å²) >= 11 is 0. The lowest BCUT2D eigenvalue weighted by molar-refractivity contribution is 0.138. The quantitative estimate of drug-likeness (QED) is 0.769. The Bertz CT molecular complexity index is 207. The highest BCUT2D eigenvalue weighted by Crippen LogP contribution is 2.36. The van der Waals surface area contributed by atoms with Gasteiger partial charge in [-0.05, 0) is 26.2 Å². The monoisotopic (exact) mass is 210 g/mol. The first-order valence-electron chi connectivity index (χ1n) is 6.61. The highest BCUT2D eigenvalue weighted by molar-refractivity contribution is 4.96. The van der Waals surface area contributed by atoms with Crippen LogP contribution in [-0.4, -0.2) is 35.6 Å². The van der Waals surface area contributed by atoms with Crippen LogP contribution in [0.25, 0.3) is 0 Å². The normalized spacial score (nSPS) is 31.6. The van der Waals surface area contributed by atoms with Crippen molar-refractivity contribution in [2.24, 2.45) is 0 Å². The van der Waals surface area contributed by atoms with Crippen LogP contribution in [0.15, 0.2) is 0 Å². The summed E-state index contributed by atoms with van der Waals surface area (Å²) in [6.07, 6.45) is 7.06. The molecule has 0 bridgehead atoms. The number of rotatable bonds is 3. The van der Waals surface area contributed by atoms with Crippen LogP contribution in [0.5, 0.6) is 0 Å². The molecular weight excluding hydrogens is 184 g/mol. The maximum absolute atomic E-state index is 3.67. The van der Waals surface area contributed by atoms with E-state index in [1.165, 1.54) is 45.2 Å². The van der Waals surface area contributed by atoms with E-state index in [-0.39, 0.29) is 0 Å². The summed E-state index contributed by atoms with van der Waals surface area (Å²) in [7, 11) is 0.